The lowest BCUT2D eigenvalue weighted by Crippen LogP contribution is -2.14. The summed E-state index contributed by atoms with van der Waals surface area (Å²) in [4.78, 5) is 14.6. The van der Waals surface area contributed by atoms with Gasteiger partial charge >= 0.3 is 6.09 Å². The first-order valence-electron chi connectivity index (χ1n) is 5.76. The van der Waals surface area contributed by atoms with E-state index in [1.165, 1.54) is 0 Å². The molecule has 2 rings (SSSR count). The van der Waals surface area contributed by atoms with Crippen LogP contribution in [0.25, 0.3) is 0 Å². The number of aliphatic hydroxyl groups excluding tert-OH is 1. The van der Waals surface area contributed by atoms with E-state index in [0.29, 0.717) is 16.7 Å². The van der Waals surface area contributed by atoms with Gasteiger partial charge in [0, 0.05) is 18.0 Å². The summed E-state index contributed by atoms with van der Waals surface area (Å²) in [5, 5.41) is 10.3. The zero-order valence-corrected chi connectivity index (χ0v) is 10.2. The minimum absolute atomic E-state index is 0.0306. The number of nitrogens with zero attached hydrogens (tertiary/aromatic N) is 1. The van der Waals surface area contributed by atoms with Crippen LogP contribution in [-0.4, -0.2) is 16.2 Å². The number of benzene rings is 1. The van der Waals surface area contributed by atoms with Crippen LogP contribution in [0.3, 0.4) is 0 Å². The van der Waals surface area contributed by atoms with Gasteiger partial charge in [-0.15, -0.1) is 0 Å². The molecule has 1 atom stereocenters. The second-order valence-corrected chi connectivity index (χ2v) is 4.00. The molecule has 0 radical (unpaired) electrons. The number of carbonyl (C=O) groups excluding carboxylic acids is 1. The summed E-state index contributed by atoms with van der Waals surface area (Å²) in [6, 6.07) is 10.7. The standard InChI is InChI=1S/C14H14N2O3/c15-14(18)19-9-11-4-1-2-6-12(11)13(17)10-5-3-7-16-8-10/h1-8,13,17H,9H2,(H2,15,18). The minimum Gasteiger partial charge on any atom is -0.445 e. The third-order valence-corrected chi connectivity index (χ3v) is 2.72. The highest BCUT2D eigenvalue weighted by Crippen LogP contribution is 2.24. The fourth-order valence-corrected chi connectivity index (χ4v) is 1.80. The molecule has 0 aliphatic heterocycles. The number of aliphatic hydroxyl groups is 1. The summed E-state index contributed by atoms with van der Waals surface area (Å²) < 4.78 is 4.77. The van der Waals surface area contributed by atoms with E-state index in [9.17, 15) is 9.90 Å². The molecule has 98 valence electrons. The molecule has 1 aromatic carbocycles. The van der Waals surface area contributed by atoms with Crippen LogP contribution in [-0.2, 0) is 11.3 Å². The maximum atomic E-state index is 10.7. The van der Waals surface area contributed by atoms with Gasteiger partial charge in [-0.2, -0.15) is 0 Å². The predicted octanol–water partition coefficient (Wildman–Crippen LogP) is 1.76. The Labute approximate surface area is 110 Å². The molecule has 0 aliphatic rings. The molecule has 5 heteroatoms. The topological polar surface area (TPSA) is 85.4 Å². The number of ether oxygens (including phenoxy) is 1. The van der Waals surface area contributed by atoms with Crippen LogP contribution in [0, 0.1) is 0 Å². The van der Waals surface area contributed by atoms with Crippen molar-refractivity contribution < 1.29 is 14.6 Å². The van der Waals surface area contributed by atoms with Crippen molar-refractivity contribution in [1.29, 1.82) is 0 Å². The molecular formula is C14H14N2O3. The Hall–Kier alpha value is -2.40. The Bertz CT molecular complexity index is 558. The van der Waals surface area contributed by atoms with Gasteiger partial charge < -0.3 is 15.6 Å². The normalized spacial score (nSPS) is 11.8. The van der Waals surface area contributed by atoms with Crippen molar-refractivity contribution in [3.05, 3.63) is 65.5 Å². The van der Waals surface area contributed by atoms with E-state index in [4.69, 9.17) is 10.5 Å². The first-order chi connectivity index (χ1) is 9.18. The lowest BCUT2D eigenvalue weighted by molar-refractivity contribution is 0.148. The highest BCUT2D eigenvalue weighted by Gasteiger charge is 2.14. The molecule has 1 amide bonds. The second-order valence-electron chi connectivity index (χ2n) is 4.00. The zero-order valence-electron chi connectivity index (χ0n) is 10.2. The number of hydrogen-bond acceptors (Lipinski definition) is 4. The monoisotopic (exact) mass is 258 g/mol. The maximum Gasteiger partial charge on any atom is 0.404 e. The Morgan fingerprint density at radius 2 is 2.11 bits per heavy atom. The van der Waals surface area contributed by atoms with E-state index in [2.05, 4.69) is 4.98 Å². The van der Waals surface area contributed by atoms with Crippen LogP contribution < -0.4 is 5.73 Å². The number of pyridine rings is 1. The van der Waals surface area contributed by atoms with Crippen molar-refractivity contribution in [2.24, 2.45) is 5.73 Å². The molecule has 0 fully saturated rings. The third-order valence-electron chi connectivity index (χ3n) is 2.72. The van der Waals surface area contributed by atoms with E-state index >= 15 is 0 Å². The van der Waals surface area contributed by atoms with Crippen molar-refractivity contribution in [3.63, 3.8) is 0 Å². The molecule has 19 heavy (non-hydrogen) atoms. The molecule has 0 saturated carbocycles. The van der Waals surface area contributed by atoms with Crippen molar-refractivity contribution in [1.82, 2.24) is 4.98 Å². The average molecular weight is 258 g/mol. The molecule has 0 saturated heterocycles. The Morgan fingerprint density at radius 1 is 1.32 bits per heavy atom. The third kappa shape index (κ3) is 3.29. The largest absolute Gasteiger partial charge is 0.445 e. The number of nitrogens with two attached hydrogens (primary N) is 1. The number of amides is 1. The Kier molecular flexibility index (Phi) is 4.10. The van der Waals surface area contributed by atoms with Crippen LogP contribution >= 0.6 is 0 Å². The van der Waals surface area contributed by atoms with E-state index in [1.54, 1.807) is 42.7 Å². The predicted molar refractivity (Wildman–Crippen MR) is 69.1 cm³/mol. The number of aromatic nitrogens is 1. The van der Waals surface area contributed by atoms with E-state index in [-0.39, 0.29) is 6.61 Å². The van der Waals surface area contributed by atoms with Gasteiger partial charge in [-0.25, -0.2) is 4.79 Å². The van der Waals surface area contributed by atoms with Crippen LogP contribution in [0.5, 0.6) is 0 Å². The first kappa shape index (κ1) is 13.0. The molecule has 0 spiro atoms. The average Bonchev–Trinajstić information content (AvgIpc) is 2.45. The van der Waals surface area contributed by atoms with Crippen LogP contribution in [0.2, 0.25) is 0 Å². The van der Waals surface area contributed by atoms with E-state index in [0.717, 1.165) is 0 Å². The number of primary amides is 1. The number of rotatable bonds is 4. The smallest absolute Gasteiger partial charge is 0.404 e. The molecule has 5 nitrogen and oxygen atoms in total. The van der Waals surface area contributed by atoms with Crippen molar-refractivity contribution in [2.75, 3.05) is 0 Å². The molecule has 1 unspecified atom stereocenters. The molecule has 0 bridgehead atoms. The van der Waals surface area contributed by atoms with E-state index < -0.39 is 12.2 Å². The van der Waals surface area contributed by atoms with Gasteiger partial charge in [0.25, 0.3) is 0 Å². The molecule has 1 heterocycles. The van der Waals surface area contributed by atoms with Crippen LogP contribution in [0.4, 0.5) is 4.79 Å². The number of hydrogen-bond donors (Lipinski definition) is 2. The van der Waals surface area contributed by atoms with Gasteiger partial charge in [-0.1, -0.05) is 30.3 Å². The SMILES string of the molecule is NC(=O)OCc1ccccc1C(O)c1cccnc1. The van der Waals surface area contributed by atoms with Gasteiger partial charge in [-0.05, 0) is 17.2 Å². The Balaban J connectivity index is 2.26. The van der Waals surface area contributed by atoms with Gasteiger partial charge in [0.1, 0.15) is 12.7 Å². The molecule has 1 aromatic heterocycles. The van der Waals surface area contributed by atoms with Crippen molar-refractivity contribution in [2.45, 2.75) is 12.7 Å². The lowest BCUT2D eigenvalue weighted by Gasteiger charge is -2.15. The van der Waals surface area contributed by atoms with Crippen molar-refractivity contribution in [3.8, 4) is 0 Å². The minimum atomic E-state index is -0.842. The summed E-state index contributed by atoms with van der Waals surface area (Å²) in [5.74, 6) is 0. The quantitative estimate of drug-likeness (QED) is 0.875. The first-order valence-corrected chi connectivity index (χ1v) is 5.76. The highest BCUT2D eigenvalue weighted by molar-refractivity contribution is 5.64. The zero-order chi connectivity index (χ0) is 13.7. The van der Waals surface area contributed by atoms with Crippen LogP contribution in [0.1, 0.15) is 22.8 Å². The lowest BCUT2D eigenvalue weighted by atomic mass is 9.98. The molecule has 0 aliphatic carbocycles. The summed E-state index contributed by atoms with van der Waals surface area (Å²) in [6.45, 7) is 0.0306. The Morgan fingerprint density at radius 3 is 2.79 bits per heavy atom. The van der Waals surface area contributed by atoms with Crippen LogP contribution in [0.15, 0.2) is 48.8 Å². The molecule has 3 N–H and O–H groups in total. The maximum absolute atomic E-state index is 10.7. The summed E-state index contributed by atoms with van der Waals surface area (Å²) in [5.41, 5.74) is 6.99. The van der Waals surface area contributed by atoms with Gasteiger partial charge in [0.2, 0.25) is 0 Å². The van der Waals surface area contributed by atoms with Crippen molar-refractivity contribution >= 4 is 6.09 Å². The van der Waals surface area contributed by atoms with Gasteiger partial charge in [-0.3, -0.25) is 4.98 Å². The summed E-state index contributed by atoms with van der Waals surface area (Å²) in [6.07, 6.45) is 1.57. The molecular weight excluding hydrogens is 244 g/mol. The second kappa shape index (κ2) is 5.97. The van der Waals surface area contributed by atoms with E-state index in [1.807, 2.05) is 6.07 Å². The summed E-state index contributed by atoms with van der Waals surface area (Å²) >= 11 is 0. The summed E-state index contributed by atoms with van der Waals surface area (Å²) in [7, 11) is 0. The van der Waals surface area contributed by atoms with Gasteiger partial charge in [0.15, 0.2) is 0 Å². The molecule has 2 aromatic rings. The fraction of sp³-hybridized carbons (Fsp3) is 0.143. The number of carbonyl (C=O) groups is 1. The fourth-order valence-electron chi connectivity index (χ4n) is 1.80. The van der Waals surface area contributed by atoms with Gasteiger partial charge in [0.05, 0.1) is 0 Å². The highest BCUT2D eigenvalue weighted by atomic mass is 16.5.